The van der Waals surface area contributed by atoms with Gasteiger partial charge in [-0.2, -0.15) is 0 Å². The Labute approximate surface area is 110 Å². The molecule has 0 fully saturated rings. The molecule has 0 saturated heterocycles. The van der Waals surface area contributed by atoms with Crippen LogP contribution in [-0.4, -0.2) is 49.6 Å². The number of nitrogens with one attached hydrogen (secondary N) is 1. The minimum atomic E-state index is -0.194. The van der Waals surface area contributed by atoms with E-state index in [9.17, 15) is 9.59 Å². The molecule has 1 amide bonds. The van der Waals surface area contributed by atoms with E-state index in [1.54, 1.807) is 11.8 Å². The van der Waals surface area contributed by atoms with E-state index in [4.69, 9.17) is 4.74 Å². The van der Waals surface area contributed by atoms with Crippen molar-refractivity contribution < 1.29 is 14.3 Å². The summed E-state index contributed by atoms with van der Waals surface area (Å²) in [6.07, 6.45) is 0.469. The third kappa shape index (κ3) is 6.59. The van der Waals surface area contributed by atoms with Crippen molar-refractivity contribution in [2.24, 2.45) is 5.92 Å². The maximum Gasteiger partial charge on any atom is 0.309 e. The van der Waals surface area contributed by atoms with Gasteiger partial charge in [-0.05, 0) is 20.8 Å². The molecule has 106 valence electrons. The lowest BCUT2D eigenvalue weighted by Crippen LogP contribution is -2.34. The van der Waals surface area contributed by atoms with Crippen LogP contribution in [0, 0.1) is 5.92 Å². The lowest BCUT2D eigenvalue weighted by Gasteiger charge is -2.18. The summed E-state index contributed by atoms with van der Waals surface area (Å²) < 4.78 is 4.90. The molecule has 0 aromatic rings. The van der Waals surface area contributed by atoms with Gasteiger partial charge in [0.05, 0.1) is 12.5 Å². The third-order valence-corrected chi connectivity index (χ3v) is 2.77. The Morgan fingerprint density at radius 3 is 2.33 bits per heavy atom. The third-order valence-electron chi connectivity index (χ3n) is 2.77. The number of nitrogens with zero attached hydrogens (tertiary/aromatic N) is 1. The number of amides is 1. The molecule has 0 aliphatic carbocycles. The van der Waals surface area contributed by atoms with Gasteiger partial charge in [0.25, 0.3) is 0 Å². The van der Waals surface area contributed by atoms with Gasteiger partial charge >= 0.3 is 5.97 Å². The summed E-state index contributed by atoms with van der Waals surface area (Å²) in [6, 6.07) is 0. The number of carbonyl (C=O) groups is 2. The first-order valence-corrected chi connectivity index (χ1v) is 6.71. The molecule has 0 saturated carbocycles. The Morgan fingerprint density at radius 2 is 1.83 bits per heavy atom. The summed E-state index contributed by atoms with van der Waals surface area (Å²) in [7, 11) is 0. The van der Waals surface area contributed by atoms with Crippen LogP contribution in [-0.2, 0) is 14.3 Å². The lowest BCUT2D eigenvalue weighted by molar-refractivity contribution is -0.147. The summed E-state index contributed by atoms with van der Waals surface area (Å²) in [5.41, 5.74) is 0. The SMILES string of the molecule is CCOC(=O)C(C)CNCCC(=O)N(CC)CC. The highest BCUT2D eigenvalue weighted by molar-refractivity contribution is 5.76. The first kappa shape index (κ1) is 16.9. The largest absolute Gasteiger partial charge is 0.466 e. The van der Waals surface area contributed by atoms with Gasteiger partial charge in [-0.1, -0.05) is 6.92 Å². The number of ether oxygens (including phenoxy) is 1. The van der Waals surface area contributed by atoms with Crippen molar-refractivity contribution in [3.63, 3.8) is 0 Å². The Hall–Kier alpha value is -1.10. The van der Waals surface area contributed by atoms with Gasteiger partial charge in [0.15, 0.2) is 0 Å². The summed E-state index contributed by atoms with van der Waals surface area (Å²) in [6.45, 7) is 10.6. The minimum absolute atomic E-state index is 0.149. The maximum absolute atomic E-state index is 11.7. The number of hydrogen-bond donors (Lipinski definition) is 1. The predicted molar refractivity (Wildman–Crippen MR) is 71.2 cm³/mol. The van der Waals surface area contributed by atoms with Crippen LogP contribution in [0.3, 0.4) is 0 Å². The molecule has 0 bridgehead atoms. The summed E-state index contributed by atoms with van der Waals surface area (Å²) in [5.74, 6) is -0.218. The van der Waals surface area contributed by atoms with Crippen molar-refractivity contribution in [2.45, 2.75) is 34.1 Å². The molecule has 1 unspecified atom stereocenters. The predicted octanol–water partition coefficient (Wildman–Crippen LogP) is 1.03. The average molecular weight is 258 g/mol. The van der Waals surface area contributed by atoms with Gasteiger partial charge in [-0.15, -0.1) is 0 Å². The molecule has 18 heavy (non-hydrogen) atoms. The zero-order chi connectivity index (χ0) is 14.0. The van der Waals surface area contributed by atoms with Gasteiger partial charge in [0.1, 0.15) is 0 Å². The van der Waals surface area contributed by atoms with E-state index in [1.165, 1.54) is 0 Å². The van der Waals surface area contributed by atoms with Crippen molar-refractivity contribution in [1.82, 2.24) is 10.2 Å². The smallest absolute Gasteiger partial charge is 0.309 e. The molecule has 0 aromatic carbocycles. The molecule has 0 radical (unpaired) electrons. The van der Waals surface area contributed by atoms with E-state index in [0.29, 0.717) is 26.1 Å². The highest BCUT2D eigenvalue weighted by Crippen LogP contribution is 1.97. The standard InChI is InChI=1S/C13H26N2O3/c1-5-15(6-2)12(16)8-9-14-10-11(4)13(17)18-7-3/h11,14H,5-10H2,1-4H3. The zero-order valence-corrected chi connectivity index (χ0v) is 12.0. The Kier molecular flexibility index (Phi) is 9.28. The van der Waals surface area contributed by atoms with Crippen molar-refractivity contribution in [3.05, 3.63) is 0 Å². The van der Waals surface area contributed by atoms with Crippen LogP contribution in [0.15, 0.2) is 0 Å². The molecule has 1 N–H and O–H groups in total. The molecule has 0 spiro atoms. The highest BCUT2D eigenvalue weighted by Gasteiger charge is 2.14. The van der Waals surface area contributed by atoms with Crippen LogP contribution in [0.1, 0.15) is 34.1 Å². The van der Waals surface area contributed by atoms with E-state index >= 15 is 0 Å². The second kappa shape index (κ2) is 9.88. The number of esters is 1. The van der Waals surface area contributed by atoms with E-state index in [1.807, 2.05) is 20.8 Å². The second-order valence-corrected chi connectivity index (χ2v) is 4.17. The number of rotatable bonds is 9. The summed E-state index contributed by atoms with van der Waals surface area (Å²) >= 11 is 0. The number of carbonyl (C=O) groups excluding carboxylic acids is 2. The molecule has 0 rings (SSSR count). The molecular formula is C13H26N2O3. The van der Waals surface area contributed by atoms with E-state index in [2.05, 4.69) is 5.32 Å². The topological polar surface area (TPSA) is 58.6 Å². The molecular weight excluding hydrogens is 232 g/mol. The first-order chi connectivity index (χ1) is 8.56. The fourth-order valence-corrected chi connectivity index (χ4v) is 1.62. The van der Waals surface area contributed by atoms with Crippen LogP contribution in [0.4, 0.5) is 0 Å². The lowest BCUT2D eigenvalue weighted by atomic mass is 10.2. The van der Waals surface area contributed by atoms with Gasteiger partial charge < -0.3 is 15.0 Å². The van der Waals surface area contributed by atoms with Crippen LogP contribution >= 0.6 is 0 Å². The van der Waals surface area contributed by atoms with Crippen molar-refractivity contribution in [1.29, 1.82) is 0 Å². The Bertz CT molecular complexity index is 253. The fourth-order valence-electron chi connectivity index (χ4n) is 1.62. The zero-order valence-electron chi connectivity index (χ0n) is 12.0. The monoisotopic (exact) mass is 258 g/mol. The Balaban J connectivity index is 3.73. The van der Waals surface area contributed by atoms with E-state index < -0.39 is 0 Å². The molecule has 1 atom stereocenters. The van der Waals surface area contributed by atoms with Crippen molar-refractivity contribution >= 4 is 11.9 Å². The van der Waals surface area contributed by atoms with E-state index in [0.717, 1.165) is 13.1 Å². The van der Waals surface area contributed by atoms with Crippen LogP contribution in [0.25, 0.3) is 0 Å². The summed E-state index contributed by atoms with van der Waals surface area (Å²) in [5, 5.41) is 3.11. The van der Waals surface area contributed by atoms with Gasteiger partial charge in [-0.3, -0.25) is 9.59 Å². The van der Waals surface area contributed by atoms with Crippen molar-refractivity contribution in [3.8, 4) is 0 Å². The van der Waals surface area contributed by atoms with Gasteiger partial charge in [0, 0.05) is 32.6 Å². The Morgan fingerprint density at radius 1 is 1.22 bits per heavy atom. The number of hydrogen-bond acceptors (Lipinski definition) is 4. The van der Waals surface area contributed by atoms with Gasteiger partial charge in [0.2, 0.25) is 5.91 Å². The normalized spacial score (nSPS) is 12.0. The quantitative estimate of drug-likeness (QED) is 0.496. The highest BCUT2D eigenvalue weighted by atomic mass is 16.5. The molecule has 0 heterocycles. The van der Waals surface area contributed by atoms with Crippen LogP contribution in [0.2, 0.25) is 0 Å². The fraction of sp³-hybridized carbons (Fsp3) is 0.846. The maximum atomic E-state index is 11.7. The van der Waals surface area contributed by atoms with Gasteiger partial charge in [-0.25, -0.2) is 0 Å². The first-order valence-electron chi connectivity index (χ1n) is 6.71. The van der Waals surface area contributed by atoms with E-state index in [-0.39, 0.29) is 17.8 Å². The minimum Gasteiger partial charge on any atom is -0.466 e. The van der Waals surface area contributed by atoms with Crippen LogP contribution < -0.4 is 5.32 Å². The average Bonchev–Trinajstić information content (AvgIpc) is 2.36. The summed E-state index contributed by atoms with van der Waals surface area (Å²) in [4.78, 5) is 24.8. The van der Waals surface area contributed by atoms with Crippen molar-refractivity contribution in [2.75, 3.05) is 32.8 Å². The molecule has 0 aliphatic rings. The molecule has 0 aliphatic heterocycles. The molecule has 0 aromatic heterocycles. The molecule has 5 nitrogen and oxygen atoms in total. The second-order valence-electron chi connectivity index (χ2n) is 4.17. The molecule has 5 heteroatoms. The van der Waals surface area contributed by atoms with Crippen LogP contribution in [0.5, 0.6) is 0 Å².